The van der Waals surface area contributed by atoms with Gasteiger partial charge in [0.25, 0.3) is 0 Å². The van der Waals surface area contributed by atoms with Gasteiger partial charge in [-0.25, -0.2) is 13.0 Å². The van der Waals surface area contributed by atoms with E-state index in [0.717, 1.165) is 5.92 Å². The standard InChI is InChI=1S/C14H16NS.CHF3O3S/c1-2-5-15-9-11-7-10-4-6-16-14(10)8-12(11)13(15)3-1;2-1(3,4)8(5,6)7/h4,6,8,11H,1-3,5,7,9H2;(H,5,6,7)/q+1;/p-1. The molecule has 0 aromatic carbocycles. The summed E-state index contributed by atoms with van der Waals surface area (Å²) in [6.07, 6.45) is 7.88. The van der Waals surface area contributed by atoms with Crippen LogP contribution < -0.4 is 0 Å². The lowest BCUT2D eigenvalue weighted by Crippen LogP contribution is -2.21. The lowest BCUT2D eigenvalue weighted by Gasteiger charge is -2.14. The molecule has 1 aromatic heterocycles. The van der Waals surface area contributed by atoms with Crippen molar-refractivity contribution in [3.05, 3.63) is 27.5 Å². The normalized spacial score (nSPS) is 22.8. The highest BCUT2D eigenvalue weighted by Crippen LogP contribution is 2.37. The molecule has 0 spiro atoms. The van der Waals surface area contributed by atoms with Gasteiger partial charge in [0.2, 0.25) is 0 Å². The number of nitrogens with zero attached hydrogens (tertiary/aromatic N) is 1. The molecule has 3 heterocycles. The van der Waals surface area contributed by atoms with Crippen molar-refractivity contribution in [3.63, 3.8) is 0 Å². The third-order valence-corrected chi connectivity index (χ3v) is 5.98. The van der Waals surface area contributed by atoms with Crippen molar-refractivity contribution in [1.29, 1.82) is 0 Å². The number of hydrogen-bond acceptors (Lipinski definition) is 4. The molecule has 1 unspecified atom stereocenters. The molecule has 0 saturated carbocycles. The van der Waals surface area contributed by atoms with Crippen molar-refractivity contribution in [3.8, 4) is 0 Å². The molecule has 4 nitrogen and oxygen atoms in total. The minimum atomic E-state index is -6.09. The number of fused-ring (bicyclic) bond motifs is 3. The van der Waals surface area contributed by atoms with Gasteiger partial charge in [-0.05, 0) is 35.9 Å². The Morgan fingerprint density at radius 2 is 2.00 bits per heavy atom. The molecule has 0 amide bonds. The summed E-state index contributed by atoms with van der Waals surface area (Å²) >= 11 is 1.91. The predicted molar refractivity (Wildman–Crippen MR) is 84.1 cm³/mol. The van der Waals surface area contributed by atoms with Crippen LogP contribution in [0, 0.1) is 5.92 Å². The fourth-order valence-corrected chi connectivity index (χ4v) is 4.32. The Bertz CT molecular complexity index is 806. The van der Waals surface area contributed by atoms with Gasteiger partial charge >= 0.3 is 5.51 Å². The van der Waals surface area contributed by atoms with Crippen molar-refractivity contribution >= 4 is 33.2 Å². The first-order valence-electron chi connectivity index (χ1n) is 7.58. The van der Waals surface area contributed by atoms with E-state index < -0.39 is 15.6 Å². The number of hydrogen-bond donors (Lipinski definition) is 0. The highest BCUT2D eigenvalue weighted by atomic mass is 32.2. The Morgan fingerprint density at radius 3 is 2.67 bits per heavy atom. The van der Waals surface area contributed by atoms with Gasteiger partial charge in [0.15, 0.2) is 22.4 Å². The summed E-state index contributed by atoms with van der Waals surface area (Å²) in [5.74, 6) is 0.801. The fourth-order valence-electron chi connectivity index (χ4n) is 3.44. The molecule has 24 heavy (non-hydrogen) atoms. The average molecular weight is 379 g/mol. The van der Waals surface area contributed by atoms with E-state index >= 15 is 0 Å². The van der Waals surface area contributed by atoms with Gasteiger partial charge in [-0.3, -0.25) is 0 Å². The molecule has 3 aliphatic rings. The molecule has 1 atom stereocenters. The smallest absolute Gasteiger partial charge is 0.485 e. The molecule has 0 N–H and O–H groups in total. The van der Waals surface area contributed by atoms with Crippen molar-refractivity contribution in [2.45, 2.75) is 31.2 Å². The van der Waals surface area contributed by atoms with Gasteiger partial charge in [-0.15, -0.1) is 11.3 Å². The van der Waals surface area contributed by atoms with E-state index in [1.165, 1.54) is 43.6 Å². The highest BCUT2D eigenvalue weighted by molar-refractivity contribution is 7.86. The second-order valence-corrected chi connectivity index (χ2v) is 8.38. The summed E-state index contributed by atoms with van der Waals surface area (Å²) in [5, 5.41) is 2.24. The summed E-state index contributed by atoms with van der Waals surface area (Å²) in [6.45, 7) is 2.59. The maximum Gasteiger partial charge on any atom is 0.485 e. The monoisotopic (exact) mass is 379 g/mol. The van der Waals surface area contributed by atoms with Crippen molar-refractivity contribution in [1.82, 2.24) is 0 Å². The Kier molecular flexibility index (Phi) is 4.61. The van der Waals surface area contributed by atoms with Crippen LogP contribution in [0.5, 0.6) is 0 Å². The Labute approximate surface area is 142 Å². The maximum atomic E-state index is 10.7. The van der Waals surface area contributed by atoms with E-state index in [2.05, 4.69) is 22.1 Å². The van der Waals surface area contributed by atoms with Crippen LogP contribution in [0.3, 0.4) is 0 Å². The van der Waals surface area contributed by atoms with Crippen LogP contribution in [0.25, 0.3) is 6.08 Å². The summed E-state index contributed by atoms with van der Waals surface area (Å²) < 4.78 is 61.6. The summed E-state index contributed by atoms with van der Waals surface area (Å²) in [4.78, 5) is 1.52. The molecule has 0 fully saturated rings. The van der Waals surface area contributed by atoms with E-state index in [1.54, 1.807) is 16.8 Å². The van der Waals surface area contributed by atoms with Crippen LogP contribution in [-0.2, 0) is 16.5 Å². The molecular weight excluding hydrogens is 363 g/mol. The largest absolute Gasteiger partial charge is 0.741 e. The lowest BCUT2D eigenvalue weighted by molar-refractivity contribution is -0.529. The zero-order valence-electron chi connectivity index (χ0n) is 12.7. The predicted octanol–water partition coefficient (Wildman–Crippen LogP) is 3.01. The molecule has 9 heteroatoms. The fraction of sp³-hybridized carbons (Fsp3) is 0.533. The van der Waals surface area contributed by atoms with Crippen molar-refractivity contribution < 1.29 is 30.7 Å². The molecule has 0 radical (unpaired) electrons. The SMILES string of the molecule is C1=C2C3=[N+](CCCC3)CC2Cc2ccsc21.O=S(=O)([O-])C(F)(F)F. The molecule has 1 aromatic rings. The van der Waals surface area contributed by atoms with Gasteiger partial charge in [0, 0.05) is 23.3 Å². The number of alkyl halides is 3. The number of thiophene rings is 1. The van der Waals surface area contributed by atoms with Gasteiger partial charge in [0.05, 0.1) is 5.92 Å². The highest BCUT2D eigenvalue weighted by Gasteiger charge is 2.39. The molecular formula is C15H16F3NO3S2. The van der Waals surface area contributed by atoms with Gasteiger partial charge in [-0.2, -0.15) is 13.2 Å². The van der Waals surface area contributed by atoms with Gasteiger partial charge in [0.1, 0.15) is 6.54 Å². The second kappa shape index (κ2) is 6.27. The van der Waals surface area contributed by atoms with E-state index in [1.807, 2.05) is 11.3 Å². The minimum Gasteiger partial charge on any atom is -0.741 e. The van der Waals surface area contributed by atoms with Gasteiger partial charge in [-0.1, -0.05) is 0 Å². The second-order valence-electron chi connectivity index (χ2n) is 6.06. The Morgan fingerprint density at radius 1 is 1.29 bits per heavy atom. The van der Waals surface area contributed by atoms with E-state index in [0.29, 0.717) is 0 Å². The topological polar surface area (TPSA) is 60.2 Å². The third-order valence-electron chi connectivity index (χ3n) is 4.50. The Balaban J connectivity index is 0.000000183. The van der Waals surface area contributed by atoms with Crippen molar-refractivity contribution in [2.24, 2.45) is 5.92 Å². The molecule has 2 aliphatic heterocycles. The maximum absolute atomic E-state index is 10.7. The summed E-state index contributed by atoms with van der Waals surface area (Å²) in [6, 6.07) is 2.31. The molecule has 132 valence electrons. The molecule has 4 rings (SSSR count). The van der Waals surface area contributed by atoms with Crippen LogP contribution in [0.4, 0.5) is 13.2 Å². The van der Waals surface area contributed by atoms with Crippen molar-refractivity contribution in [2.75, 3.05) is 13.1 Å². The summed E-state index contributed by atoms with van der Waals surface area (Å²) in [7, 11) is -6.09. The minimum absolute atomic E-state index is 0.801. The quantitative estimate of drug-likeness (QED) is 0.396. The lowest BCUT2D eigenvalue weighted by atomic mass is 9.86. The molecule has 1 aliphatic carbocycles. The first-order chi connectivity index (χ1) is 11.2. The zero-order valence-corrected chi connectivity index (χ0v) is 14.3. The first kappa shape index (κ1) is 17.6. The average Bonchev–Trinajstić information content (AvgIpc) is 3.06. The van der Waals surface area contributed by atoms with Gasteiger partial charge < -0.3 is 4.55 Å². The van der Waals surface area contributed by atoms with Crippen LogP contribution in [0.15, 0.2) is 17.0 Å². The van der Waals surface area contributed by atoms with E-state index in [-0.39, 0.29) is 0 Å². The summed E-state index contributed by atoms with van der Waals surface area (Å²) in [5.41, 5.74) is -0.711. The zero-order chi connectivity index (χ0) is 17.5. The molecule has 0 bridgehead atoms. The van der Waals surface area contributed by atoms with Crippen LogP contribution in [0.1, 0.15) is 29.7 Å². The van der Waals surface area contributed by atoms with Crippen LogP contribution >= 0.6 is 11.3 Å². The molecule has 0 saturated heterocycles. The number of halogens is 3. The Hall–Kier alpha value is -1.19. The van der Waals surface area contributed by atoms with Crippen LogP contribution in [-0.4, -0.2) is 41.9 Å². The van der Waals surface area contributed by atoms with E-state index in [4.69, 9.17) is 13.0 Å². The number of rotatable bonds is 0. The van der Waals surface area contributed by atoms with E-state index in [9.17, 15) is 13.2 Å². The third kappa shape index (κ3) is 3.43. The van der Waals surface area contributed by atoms with Crippen LogP contribution in [0.2, 0.25) is 0 Å². The first-order valence-corrected chi connectivity index (χ1v) is 9.87.